The van der Waals surface area contributed by atoms with Gasteiger partial charge in [-0.3, -0.25) is 0 Å². The molecule has 4 nitrogen and oxygen atoms in total. The molecule has 0 saturated heterocycles. The van der Waals surface area contributed by atoms with Crippen LogP contribution >= 0.6 is 0 Å². The second-order valence-corrected chi connectivity index (χ2v) is 7.95. The smallest absolute Gasteiger partial charge is 0.241 e. The zero-order chi connectivity index (χ0) is 15.5. The normalized spacial score (nSPS) is 19.0. The predicted octanol–water partition coefficient (Wildman–Crippen LogP) is 2.97. The SMILES string of the molecule is CCCNC(C)c1ccc(S(=O)(=O)NC2(C)CCC2)cc1. The van der Waals surface area contributed by atoms with Crippen molar-refractivity contribution in [2.24, 2.45) is 0 Å². The van der Waals surface area contributed by atoms with Crippen molar-refractivity contribution in [2.75, 3.05) is 6.54 Å². The molecular formula is C16H26N2O2S. The molecule has 5 heteroatoms. The first-order valence-electron chi connectivity index (χ1n) is 7.74. The van der Waals surface area contributed by atoms with Gasteiger partial charge in [-0.1, -0.05) is 19.1 Å². The van der Waals surface area contributed by atoms with Crippen LogP contribution in [0, 0.1) is 0 Å². The van der Waals surface area contributed by atoms with Gasteiger partial charge < -0.3 is 5.32 Å². The van der Waals surface area contributed by atoms with Crippen LogP contribution in [0.5, 0.6) is 0 Å². The Balaban J connectivity index is 2.07. The topological polar surface area (TPSA) is 58.2 Å². The second-order valence-electron chi connectivity index (χ2n) is 6.26. The molecule has 1 saturated carbocycles. The first-order valence-corrected chi connectivity index (χ1v) is 9.22. The molecule has 1 aromatic carbocycles. The van der Waals surface area contributed by atoms with E-state index in [1.807, 2.05) is 19.1 Å². The zero-order valence-electron chi connectivity index (χ0n) is 13.1. The maximum absolute atomic E-state index is 12.4. The highest BCUT2D eigenvalue weighted by Gasteiger charge is 2.36. The third-order valence-electron chi connectivity index (χ3n) is 4.23. The number of hydrogen-bond acceptors (Lipinski definition) is 3. The standard InChI is InChI=1S/C16H26N2O2S/c1-4-12-17-13(2)14-6-8-15(9-7-14)21(19,20)18-16(3)10-5-11-16/h6-9,13,17-18H,4-5,10-12H2,1-3H3. The van der Waals surface area contributed by atoms with Crippen molar-refractivity contribution in [3.05, 3.63) is 29.8 Å². The summed E-state index contributed by atoms with van der Waals surface area (Å²) in [6.07, 6.45) is 4.02. The lowest BCUT2D eigenvalue weighted by atomic mass is 9.80. The summed E-state index contributed by atoms with van der Waals surface area (Å²) in [7, 11) is -3.41. The van der Waals surface area contributed by atoms with Gasteiger partial charge in [-0.25, -0.2) is 13.1 Å². The lowest BCUT2D eigenvalue weighted by Gasteiger charge is -2.38. The van der Waals surface area contributed by atoms with E-state index in [0.29, 0.717) is 4.90 Å². The third-order valence-corrected chi connectivity index (χ3v) is 5.88. The van der Waals surface area contributed by atoms with Gasteiger partial charge in [0.05, 0.1) is 4.90 Å². The van der Waals surface area contributed by atoms with Crippen molar-refractivity contribution in [3.63, 3.8) is 0 Å². The number of benzene rings is 1. The Bertz CT molecular complexity index is 562. The van der Waals surface area contributed by atoms with Crippen LogP contribution in [-0.4, -0.2) is 20.5 Å². The second kappa shape index (κ2) is 6.46. The van der Waals surface area contributed by atoms with Gasteiger partial charge in [0.1, 0.15) is 0 Å². The van der Waals surface area contributed by atoms with Crippen molar-refractivity contribution < 1.29 is 8.42 Å². The van der Waals surface area contributed by atoms with Gasteiger partial charge in [-0.05, 0) is 63.8 Å². The van der Waals surface area contributed by atoms with E-state index in [1.165, 1.54) is 0 Å². The van der Waals surface area contributed by atoms with E-state index < -0.39 is 10.0 Å². The Labute approximate surface area is 128 Å². The summed E-state index contributed by atoms with van der Waals surface area (Å²) in [5.74, 6) is 0. The molecule has 0 radical (unpaired) electrons. The molecule has 0 heterocycles. The van der Waals surface area contributed by atoms with E-state index in [-0.39, 0.29) is 11.6 Å². The number of hydrogen-bond donors (Lipinski definition) is 2. The van der Waals surface area contributed by atoms with Crippen LogP contribution in [0.3, 0.4) is 0 Å². The van der Waals surface area contributed by atoms with E-state index in [4.69, 9.17) is 0 Å². The molecule has 1 unspecified atom stereocenters. The summed E-state index contributed by atoms with van der Waals surface area (Å²) < 4.78 is 27.6. The van der Waals surface area contributed by atoms with Crippen molar-refractivity contribution in [2.45, 2.75) is 62.9 Å². The summed E-state index contributed by atoms with van der Waals surface area (Å²) >= 11 is 0. The molecule has 0 aliphatic heterocycles. The van der Waals surface area contributed by atoms with E-state index in [1.54, 1.807) is 12.1 Å². The molecule has 1 aromatic rings. The lowest BCUT2D eigenvalue weighted by Crippen LogP contribution is -2.50. The molecule has 2 N–H and O–H groups in total. The molecule has 0 spiro atoms. The Hall–Kier alpha value is -0.910. The highest BCUT2D eigenvalue weighted by Crippen LogP contribution is 2.32. The van der Waals surface area contributed by atoms with Gasteiger partial charge >= 0.3 is 0 Å². The van der Waals surface area contributed by atoms with Crippen LogP contribution in [0.1, 0.15) is 58.1 Å². The largest absolute Gasteiger partial charge is 0.310 e. The van der Waals surface area contributed by atoms with Crippen LogP contribution < -0.4 is 10.0 Å². The Kier molecular flexibility index (Phi) is 5.07. The molecule has 0 amide bonds. The summed E-state index contributed by atoms with van der Waals surface area (Å²) in [6, 6.07) is 7.42. The molecule has 0 bridgehead atoms. The summed E-state index contributed by atoms with van der Waals surface area (Å²) in [4.78, 5) is 0.349. The van der Waals surface area contributed by atoms with E-state index in [0.717, 1.165) is 37.8 Å². The average molecular weight is 310 g/mol. The van der Waals surface area contributed by atoms with Gasteiger partial charge in [0.2, 0.25) is 10.0 Å². The highest BCUT2D eigenvalue weighted by molar-refractivity contribution is 7.89. The minimum Gasteiger partial charge on any atom is -0.310 e. The van der Waals surface area contributed by atoms with Crippen LogP contribution in [0.25, 0.3) is 0 Å². The zero-order valence-corrected chi connectivity index (χ0v) is 14.0. The van der Waals surface area contributed by atoms with Crippen molar-refractivity contribution >= 4 is 10.0 Å². The average Bonchev–Trinajstić information content (AvgIpc) is 2.43. The van der Waals surface area contributed by atoms with Crippen LogP contribution in [0.2, 0.25) is 0 Å². The first kappa shape index (κ1) is 16.5. The molecule has 1 fully saturated rings. The van der Waals surface area contributed by atoms with Gasteiger partial charge in [-0.15, -0.1) is 0 Å². The minimum absolute atomic E-state index is 0.235. The molecule has 118 valence electrons. The maximum atomic E-state index is 12.4. The lowest BCUT2D eigenvalue weighted by molar-refractivity contribution is 0.248. The van der Waals surface area contributed by atoms with Crippen molar-refractivity contribution in [1.82, 2.24) is 10.0 Å². The molecule has 0 aromatic heterocycles. The monoisotopic (exact) mass is 310 g/mol. The minimum atomic E-state index is -3.41. The molecular weight excluding hydrogens is 284 g/mol. The fourth-order valence-electron chi connectivity index (χ4n) is 2.61. The molecule has 21 heavy (non-hydrogen) atoms. The number of sulfonamides is 1. The molecule has 1 atom stereocenters. The van der Waals surface area contributed by atoms with Gasteiger partial charge in [-0.2, -0.15) is 0 Å². The molecule has 1 aliphatic carbocycles. The van der Waals surface area contributed by atoms with Crippen molar-refractivity contribution in [1.29, 1.82) is 0 Å². The van der Waals surface area contributed by atoms with Gasteiger partial charge in [0.15, 0.2) is 0 Å². The summed E-state index contributed by atoms with van der Waals surface area (Å²) in [5, 5.41) is 3.40. The highest BCUT2D eigenvalue weighted by atomic mass is 32.2. The van der Waals surface area contributed by atoms with Gasteiger partial charge in [0, 0.05) is 11.6 Å². The first-order chi connectivity index (χ1) is 9.86. The summed E-state index contributed by atoms with van der Waals surface area (Å²) in [5.41, 5.74) is 0.852. The summed E-state index contributed by atoms with van der Waals surface area (Å²) in [6.45, 7) is 7.15. The quantitative estimate of drug-likeness (QED) is 0.814. The number of nitrogens with one attached hydrogen (secondary N) is 2. The van der Waals surface area contributed by atoms with Gasteiger partial charge in [0.25, 0.3) is 0 Å². The fraction of sp³-hybridized carbons (Fsp3) is 0.625. The van der Waals surface area contributed by atoms with Crippen molar-refractivity contribution in [3.8, 4) is 0 Å². The predicted molar refractivity (Wildman–Crippen MR) is 85.7 cm³/mol. The van der Waals surface area contributed by atoms with E-state index in [9.17, 15) is 8.42 Å². The maximum Gasteiger partial charge on any atom is 0.241 e. The van der Waals surface area contributed by atoms with Crippen LogP contribution in [-0.2, 0) is 10.0 Å². The Morgan fingerprint density at radius 3 is 2.33 bits per heavy atom. The van der Waals surface area contributed by atoms with Crippen LogP contribution in [0.4, 0.5) is 0 Å². The Morgan fingerprint density at radius 1 is 1.24 bits per heavy atom. The van der Waals surface area contributed by atoms with E-state index >= 15 is 0 Å². The Morgan fingerprint density at radius 2 is 1.86 bits per heavy atom. The number of rotatable bonds is 7. The molecule has 1 aliphatic rings. The van der Waals surface area contributed by atoms with E-state index in [2.05, 4.69) is 23.9 Å². The third kappa shape index (κ3) is 4.05. The van der Waals surface area contributed by atoms with Crippen LogP contribution in [0.15, 0.2) is 29.2 Å². The molecule has 2 rings (SSSR count). The fourth-order valence-corrected chi connectivity index (χ4v) is 4.07.